The molecule has 3 atom stereocenters. The Hall–Kier alpha value is -1.95. The van der Waals surface area contributed by atoms with Crippen LogP contribution in [0.5, 0.6) is 0 Å². The van der Waals surface area contributed by atoms with Crippen LogP contribution >= 0.6 is 0 Å². The van der Waals surface area contributed by atoms with Crippen LogP contribution < -0.4 is 0 Å². The molecule has 2 aliphatic rings. The Morgan fingerprint density at radius 1 is 1.05 bits per heavy atom. The van der Waals surface area contributed by atoms with Crippen LogP contribution in [0, 0.1) is 5.92 Å². The molecule has 0 aromatic rings. The van der Waals surface area contributed by atoms with Gasteiger partial charge in [-0.15, -0.1) is 0 Å². The van der Waals surface area contributed by atoms with Crippen LogP contribution in [0.2, 0.25) is 0 Å². The summed E-state index contributed by atoms with van der Waals surface area (Å²) in [5.74, 6) is -1.07. The Balaban J connectivity index is 1.65. The summed E-state index contributed by atoms with van der Waals surface area (Å²) in [6.45, 7) is 0.938. The van der Waals surface area contributed by atoms with Crippen LogP contribution in [0.4, 0.5) is 0 Å². The van der Waals surface area contributed by atoms with Crippen molar-refractivity contribution in [2.45, 2.75) is 50.4 Å². The molecule has 2 aliphatic heterocycles. The highest BCUT2D eigenvalue weighted by Gasteiger charge is 2.73. The van der Waals surface area contributed by atoms with Crippen LogP contribution in [0.1, 0.15) is 38.5 Å². The van der Waals surface area contributed by atoms with Gasteiger partial charge >= 0.3 is 5.97 Å². The van der Waals surface area contributed by atoms with Gasteiger partial charge in [-0.2, -0.15) is 0 Å². The summed E-state index contributed by atoms with van der Waals surface area (Å²) in [6, 6.07) is 0. The second kappa shape index (κ2) is 7.17. The lowest BCUT2D eigenvalue weighted by molar-refractivity contribution is -0.211. The fourth-order valence-electron chi connectivity index (χ4n) is 2.70. The number of unbranched alkanes of at least 4 members (excludes halogenated alkanes) is 2. The van der Waals surface area contributed by atoms with Gasteiger partial charge in [0, 0.05) is 22.9 Å². The number of esters is 1. The lowest BCUT2D eigenvalue weighted by Crippen LogP contribution is -2.50. The number of ether oxygens (including phenoxy) is 2. The largest absolute Gasteiger partial charge is 0.429 e. The van der Waals surface area contributed by atoms with Gasteiger partial charge in [0.15, 0.2) is 0 Å². The average Bonchev–Trinajstić information content (AvgIpc) is 3.18. The molecule has 2 heterocycles. The molecule has 2 fully saturated rings. The van der Waals surface area contributed by atoms with E-state index in [-0.39, 0.29) is 18.0 Å². The average molecular weight is 294 g/mol. The van der Waals surface area contributed by atoms with Crippen molar-refractivity contribution in [2.75, 3.05) is 13.1 Å². The van der Waals surface area contributed by atoms with E-state index in [1.807, 2.05) is 0 Å². The molecule has 0 bridgehead atoms. The third kappa shape index (κ3) is 3.58. The summed E-state index contributed by atoms with van der Waals surface area (Å²) in [5, 5.41) is 6.93. The summed E-state index contributed by atoms with van der Waals surface area (Å²) in [5.41, 5.74) is 16.3. The van der Waals surface area contributed by atoms with E-state index < -0.39 is 5.79 Å². The summed E-state index contributed by atoms with van der Waals surface area (Å²) >= 11 is 0. The van der Waals surface area contributed by atoms with Gasteiger partial charge in [-0.3, -0.25) is 4.79 Å². The second-order valence-corrected chi connectivity index (χ2v) is 5.20. The highest BCUT2D eigenvalue weighted by Crippen LogP contribution is 2.55. The predicted octanol–water partition coefficient (Wildman–Crippen LogP) is 3.22. The molecule has 0 aromatic carbocycles. The maximum absolute atomic E-state index is 11.5. The molecule has 0 N–H and O–H groups in total. The minimum absolute atomic E-state index is 0.0246. The van der Waals surface area contributed by atoms with Crippen LogP contribution in [0.3, 0.4) is 0 Å². The summed E-state index contributed by atoms with van der Waals surface area (Å²) < 4.78 is 10.8. The van der Waals surface area contributed by atoms with Crippen LogP contribution in [-0.2, 0) is 14.3 Å². The van der Waals surface area contributed by atoms with Crippen molar-refractivity contribution in [3.05, 3.63) is 20.9 Å². The molecule has 9 heteroatoms. The first kappa shape index (κ1) is 15.4. The van der Waals surface area contributed by atoms with Gasteiger partial charge in [-0.1, -0.05) is 23.1 Å². The first-order valence-corrected chi connectivity index (χ1v) is 7.17. The molecular formula is C12H18N6O3. The number of hydrogen-bond acceptors (Lipinski definition) is 5. The summed E-state index contributed by atoms with van der Waals surface area (Å²) in [7, 11) is 0. The zero-order valence-electron chi connectivity index (χ0n) is 11.7. The van der Waals surface area contributed by atoms with Crippen molar-refractivity contribution in [3.8, 4) is 0 Å². The van der Waals surface area contributed by atoms with Crippen molar-refractivity contribution < 1.29 is 14.3 Å². The van der Waals surface area contributed by atoms with Crippen molar-refractivity contribution in [3.63, 3.8) is 0 Å². The quantitative estimate of drug-likeness (QED) is 0.153. The first-order valence-electron chi connectivity index (χ1n) is 7.17. The fourth-order valence-corrected chi connectivity index (χ4v) is 2.70. The first-order chi connectivity index (χ1) is 10.2. The van der Waals surface area contributed by atoms with Crippen molar-refractivity contribution in [2.24, 2.45) is 16.1 Å². The highest BCUT2D eigenvalue weighted by atomic mass is 16.8. The van der Waals surface area contributed by atoms with E-state index in [0.717, 1.165) is 32.1 Å². The molecule has 0 saturated carbocycles. The Morgan fingerprint density at radius 3 is 2.24 bits per heavy atom. The molecule has 21 heavy (non-hydrogen) atoms. The SMILES string of the molecule is [N-]=[N+]=NCCCC[C@H]1O[C@@]12OC(=O)[C@@H]2CCCCN=[N+]=[N-]. The summed E-state index contributed by atoms with van der Waals surface area (Å²) in [6.07, 6.45) is 4.76. The maximum Gasteiger partial charge on any atom is 0.318 e. The summed E-state index contributed by atoms with van der Waals surface area (Å²) in [4.78, 5) is 16.9. The minimum atomic E-state index is -0.686. The maximum atomic E-state index is 11.5. The molecule has 0 unspecified atom stereocenters. The van der Waals surface area contributed by atoms with Gasteiger partial charge in [-0.05, 0) is 36.7 Å². The zero-order chi connectivity index (χ0) is 15.1. The number of nitrogens with zero attached hydrogens (tertiary/aromatic N) is 6. The second-order valence-electron chi connectivity index (χ2n) is 5.20. The van der Waals surface area contributed by atoms with Gasteiger partial charge in [-0.25, -0.2) is 0 Å². The lowest BCUT2D eigenvalue weighted by atomic mass is 9.87. The van der Waals surface area contributed by atoms with Crippen molar-refractivity contribution in [1.82, 2.24) is 0 Å². The number of carbonyl (C=O) groups is 1. The van der Waals surface area contributed by atoms with Crippen molar-refractivity contribution in [1.29, 1.82) is 0 Å². The standard InChI is InChI=1S/C12H18N6O3/c13-17-15-7-3-1-5-9-11(19)21-12(9)10(20-12)6-2-4-8-16-18-14/h9-10H,1-8H2/t9-,10+,12-/m0/s1. The topological polar surface area (TPSA) is 136 Å². The van der Waals surface area contributed by atoms with E-state index >= 15 is 0 Å². The van der Waals surface area contributed by atoms with Crippen LogP contribution in [0.25, 0.3) is 20.9 Å². The molecule has 2 saturated heterocycles. The molecule has 0 aromatic heterocycles. The number of carbonyl (C=O) groups excluding carboxylic acids is 1. The van der Waals surface area contributed by atoms with E-state index in [4.69, 9.17) is 20.5 Å². The van der Waals surface area contributed by atoms with Crippen LogP contribution in [-0.4, -0.2) is 30.9 Å². The van der Waals surface area contributed by atoms with E-state index in [2.05, 4.69) is 20.1 Å². The number of epoxide rings is 1. The minimum Gasteiger partial charge on any atom is -0.429 e. The van der Waals surface area contributed by atoms with Gasteiger partial charge < -0.3 is 9.47 Å². The molecule has 114 valence electrons. The smallest absolute Gasteiger partial charge is 0.318 e. The third-order valence-corrected chi connectivity index (χ3v) is 3.85. The molecule has 9 nitrogen and oxygen atoms in total. The van der Waals surface area contributed by atoms with Crippen LogP contribution in [0.15, 0.2) is 10.2 Å². The van der Waals surface area contributed by atoms with E-state index in [1.165, 1.54) is 0 Å². The number of hydrogen-bond donors (Lipinski definition) is 0. The lowest BCUT2D eigenvalue weighted by Gasteiger charge is -2.33. The number of rotatable bonds is 10. The zero-order valence-corrected chi connectivity index (χ0v) is 11.7. The Bertz CT molecular complexity index is 485. The fraction of sp³-hybridized carbons (Fsp3) is 0.917. The number of azide groups is 2. The molecule has 2 rings (SSSR count). The normalized spacial score (nSPS) is 29.0. The predicted molar refractivity (Wildman–Crippen MR) is 72.9 cm³/mol. The van der Waals surface area contributed by atoms with E-state index in [1.54, 1.807) is 0 Å². The van der Waals surface area contributed by atoms with Gasteiger partial charge in [0.25, 0.3) is 5.79 Å². The molecule has 0 aliphatic carbocycles. The molecule has 1 spiro atoms. The van der Waals surface area contributed by atoms with Crippen molar-refractivity contribution >= 4 is 5.97 Å². The third-order valence-electron chi connectivity index (χ3n) is 3.85. The molecule has 0 radical (unpaired) electrons. The van der Waals surface area contributed by atoms with Gasteiger partial charge in [0.2, 0.25) is 0 Å². The Labute approximate surface area is 121 Å². The molecular weight excluding hydrogens is 276 g/mol. The van der Waals surface area contributed by atoms with E-state index in [0.29, 0.717) is 19.5 Å². The van der Waals surface area contributed by atoms with Gasteiger partial charge in [0.1, 0.15) is 12.0 Å². The Kier molecular flexibility index (Phi) is 5.27. The van der Waals surface area contributed by atoms with E-state index in [9.17, 15) is 4.79 Å². The van der Waals surface area contributed by atoms with Gasteiger partial charge in [0.05, 0.1) is 0 Å². The Morgan fingerprint density at radius 2 is 1.67 bits per heavy atom. The monoisotopic (exact) mass is 294 g/mol. The highest BCUT2D eigenvalue weighted by molar-refractivity contribution is 5.81. The molecule has 0 amide bonds.